The number of nitrogens with zero attached hydrogens (tertiary/aromatic N) is 1. The molecule has 1 aliphatic heterocycles. The Hall–Kier alpha value is -2.14. The van der Waals surface area contributed by atoms with Gasteiger partial charge in [0, 0.05) is 19.0 Å². The average Bonchev–Trinajstić information content (AvgIpc) is 3.26. The van der Waals surface area contributed by atoms with Crippen molar-refractivity contribution in [2.75, 3.05) is 13.1 Å². The first-order valence-corrected chi connectivity index (χ1v) is 10.8. The van der Waals surface area contributed by atoms with Crippen molar-refractivity contribution >= 4 is 23.2 Å². The Morgan fingerprint density at radius 3 is 2.67 bits per heavy atom. The van der Waals surface area contributed by atoms with Crippen LogP contribution in [0, 0.1) is 5.92 Å². The molecule has 2 aromatic rings. The number of carbonyl (C=O) groups is 2. The summed E-state index contributed by atoms with van der Waals surface area (Å²) in [5.74, 6) is 0.358. The predicted octanol–water partition coefficient (Wildman–Crippen LogP) is 4.18. The zero-order chi connectivity index (χ0) is 18.6. The first-order chi connectivity index (χ1) is 13.2. The second-order valence-corrected chi connectivity index (χ2v) is 8.47. The van der Waals surface area contributed by atoms with Crippen molar-refractivity contribution in [1.82, 2.24) is 10.2 Å². The summed E-state index contributed by atoms with van der Waals surface area (Å²) in [7, 11) is 0. The fourth-order valence-electron chi connectivity index (χ4n) is 4.36. The number of amides is 2. The number of nitrogens with one attached hydrogen (secondary N) is 1. The van der Waals surface area contributed by atoms with Crippen molar-refractivity contribution in [1.29, 1.82) is 0 Å². The molecule has 4 rings (SSSR count). The van der Waals surface area contributed by atoms with E-state index in [1.807, 2.05) is 34.5 Å². The van der Waals surface area contributed by atoms with Gasteiger partial charge in [-0.3, -0.25) is 9.59 Å². The Morgan fingerprint density at radius 1 is 1.07 bits per heavy atom. The van der Waals surface area contributed by atoms with Crippen LogP contribution in [-0.4, -0.2) is 29.8 Å². The summed E-state index contributed by atoms with van der Waals surface area (Å²) in [6.45, 7) is 1.18. The molecule has 1 fully saturated rings. The second-order valence-electron chi connectivity index (χ2n) is 7.52. The maximum atomic E-state index is 13.1. The first kappa shape index (κ1) is 18.2. The smallest absolute Gasteiger partial charge is 0.264 e. The van der Waals surface area contributed by atoms with Gasteiger partial charge in [-0.15, -0.1) is 11.3 Å². The fourth-order valence-corrected chi connectivity index (χ4v) is 5.04. The summed E-state index contributed by atoms with van der Waals surface area (Å²) in [4.78, 5) is 28.4. The molecular weight excluding hydrogens is 356 g/mol. The lowest BCUT2D eigenvalue weighted by Gasteiger charge is -2.37. The molecule has 1 aromatic carbocycles. The van der Waals surface area contributed by atoms with E-state index in [1.54, 1.807) is 0 Å². The molecule has 0 unspecified atom stereocenters. The normalized spacial score (nSPS) is 20.1. The van der Waals surface area contributed by atoms with Gasteiger partial charge in [0.2, 0.25) is 5.91 Å². The topological polar surface area (TPSA) is 49.4 Å². The highest BCUT2D eigenvalue weighted by Crippen LogP contribution is 2.31. The third-order valence-corrected chi connectivity index (χ3v) is 6.71. The van der Waals surface area contributed by atoms with E-state index < -0.39 is 0 Å². The molecular formula is C22H26N2O2S. The number of benzene rings is 1. The minimum atomic E-state index is -0.0999. The molecule has 0 bridgehead atoms. The summed E-state index contributed by atoms with van der Waals surface area (Å²) in [5.41, 5.74) is 2.45. The van der Waals surface area contributed by atoms with Gasteiger partial charge < -0.3 is 10.2 Å². The first-order valence-electron chi connectivity index (χ1n) is 9.94. The number of hydrogen-bond donors (Lipinski definition) is 1. The van der Waals surface area contributed by atoms with Gasteiger partial charge in [-0.2, -0.15) is 0 Å². The molecule has 1 aliphatic carbocycles. The predicted molar refractivity (Wildman–Crippen MR) is 108 cm³/mol. The molecule has 4 nitrogen and oxygen atoms in total. The lowest BCUT2D eigenvalue weighted by Crippen LogP contribution is -2.46. The largest absolute Gasteiger partial charge is 0.353 e. The van der Waals surface area contributed by atoms with E-state index in [2.05, 4.69) is 17.4 Å². The van der Waals surface area contributed by atoms with Crippen LogP contribution in [0.2, 0.25) is 0 Å². The van der Waals surface area contributed by atoms with E-state index >= 15 is 0 Å². The van der Waals surface area contributed by atoms with E-state index in [0.717, 1.165) is 42.5 Å². The van der Waals surface area contributed by atoms with Crippen LogP contribution in [0.4, 0.5) is 0 Å². The Morgan fingerprint density at radius 2 is 1.89 bits per heavy atom. The lowest BCUT2D eigenvalue weighted by molar-refractivity contribution is -0.126. The summed E-state index contributed by atoms with van der Waals surface area (Å²) in [6, 6.07) is 12.0. The molecule has 1 N–H and O–H groups in total. The van der Waals surface area contributed by atoms with E-state index in [-0.39, 0.29) is 23.8 Å². The van der Waals surface area contributed by atoms with Gasteiger partial charge in [0.15, 0.2) is 0 Å². The Kier molecular flexibility index (Phi) is 5.58. The second kappa shape index (κ2) is 8.26. The molecule has 0 saturated heterocycles. The summed E-state index contributed by atoms with van der Waals surface area (Å²) < 4.78 is 0. The Labute approximate surface area is 164 Å². The highest BCUT2D eigenvalue weighted by Gasteiger charge is 2.32. The molecule has 5 heteroatoms. The van der Waals surface area contributed by atoms with Crippen molar-refractivity contribution in [3.63, 3.8) is 0 Å². The Balaban J connectivity index is 1.53. The van der Waals surface area contributed by atoms with Crippen LogP contribution in [0.25, 0.3) is 0 Å². The number of rotatable bonds is 4. The quantitative estimate of drug-likeness (QED) is 0.862. The van der Waals surface area contributed by atoms with Gasteiger partial charge in [0.05, 0.1) is 10.9 Å². The standard InChI is InChI=1S/C22H26N2O2S/c25-21(17-8-2-1-3-9-17)23-15-19-18-10-5-4-7-16(18)12-13-24(19)22(26)20-11-6-14-27-20/h4-7,10-11,14,17,19H,1-3,8-9,12-13,15H2,(H,23,25)/t19-/m0/s1. The number of carbonyl (C=O) groups excluding carboxylic acids is 2. The van der Waals surface area contributed by atoms with Crippen molar-refractivity contribution in [2.24, 2.45) is 5.92 Å². The number of fused-ring (bicyclic) bond motifs is 1. The van der Waals surface area contributed by atoms with E-state index in [0.29, 0.717) is 13.1 Å². The van der Waals surface area contributed by atoms with E-state index in [9.17, 15) is 9.59 Å². The maximum Gasteiger partial charge on any atom is 0.264 e. The fraction of sp³-hybridized carbons (Fsp3) is 0.455. The van der Waals surface area contributed by atoms with Gasteiger partial charge >= 0.3 is 0 Å². The van der Waals surface area contributed by atoms with Gasteiger partial charge in [0.25, 0.3) is 5.91 Å². The lowest BCUT2D eigenvalue weighted by atomic mass is 9.88. The molecule has 1 saturated carbocycles. The third-order valence-electron chi connectivity index (χ3n) is 5.85. The zero-order valence-electron chi connectivity index (χ0n) is 15.5. The van der Waals surface area contributed by atoms with Gasteiger partial charge in [-0.25, -0.2) is 0 Å². The minimum Gasteiger partial charge on any atom is -0.353 e. The highest BCUT2D eigenvalue weighted by atomic mass is 32.1. The molecule has 142 valence electrons. The average molecular weight is 383 g/mol. The SMILES string of the molecule is O=C(NC[C@H]1c2ccccc2CCN1C(=O)c1cccs1)C1CCCCC1. The third kappa shape index (κ3) is 3.93. The van der Waals surface area contributed by atoms with Crippen LogP contribution in [0.3, 0.4) is 0 Å². The van der Waals surface area contributed by atoms with Crippen molar-refractivity contribution < 1.29 is 9.59 Å². The molecule has 0 radical (unpaired) electrons. The maximum absolute atomic E-state index is 13.1. The molecule has 2 heterocycles. The molecule has 1 aromatic heterocycles. The summed E-state index contributed by atoms with van der Waals surface area (Å²) in [6.07, 6.45) is 6.37. The van der Waals surface area contributed by atoms with Gasteiger partial charge in [-0.1, -0.05) is 49.6 Å². The highest BCUT2D eigenvalue weighted by molar-refractivity contribution is 7.12. The molecule has 1 atom stereocenters. The van der Waals surface area contributed by atoms with Crippen LogP contribution in [-0.2, 0) is 11.2 Å². The van der Waals surface area contributed by atoms with Crippen molar-refractivity contribution in [3.05, 3.63) is 57.8 Å². The van der Waals surface area contributed by atoms with Gasteiger partial charge in [-0.05, 0) is 41.8 Å². The molecule has 2 aliphatic rings. The van der Waals surface area contributed by atoms with Crippen LogP contribution in [0.15, 0.2) is 41.8 Å². The van der Waals surface area contributed by atoms with Crippen molar-refractivity contribution in [2.45, 2.75) is 44.6 Å². The summed E-state index contributed by atoms with van der Waals surface area (Å²) in [5, 5.41) is 5.10. The van der Waals surface area contributed by atoms with Gasteiger partial charge in [0.1, 0.15) is 0 Å². The number of thiophene rings is 1. The minimum absolute atomic E-state index is 0.0661. The molecule has 27 heavy (non-hydrogen) atoms. The van der Waals surface area contributed by atoms with E-state index in [4.69, 9.17) is 0 Å². The van der Waals surface area contributed by atoms with Crippen molar-refractivity contribution in [3.8, 4) is 0 Å². The molecule has 2 amide bonds. The molecule has 0 spiro atoms. The summed E-state index contributed by atoms with van der Waals surface area (Å²) >= 11 is 1.48. The van der Waals surface area contributed by atoms with Crippen LogP contribution in [0.5, 0.6) is 0 Å². The van der Waals surface area contributed by atoms with Crippen LogP contribution in [0.1, 0.15) is 58.9 Å². The zero-order valence-corrected chi connectivity index (χ0v) is 16.3. The monoisotopic (exact) mass is 382 g/mol. The Bertz CT molecular complexity index is 796. The van der Waals surface area contributed by atoms with Crippen LogP contribution < -0.4 is 5.32 Å². The van der Waals surface area contributed by atoms with Crippen LogP contribution >= 0.6 is 11.3 Å². The van der Waals surface area contributed by atoms with E-state index in [1.165, 1.54) is 23.3 Å². The number of hydrogen-bond acceptors (Lipinski definition) is 3.